The van der Waals surface area contributed by atoms with E-state index in [1.54, 1.807) is 6.07 Å². The number of hydrogen-bond acceptors (Lipinski definition) is 2. The van der Waals surface area contributed by atoms with Gasteiger partial charge in [-0.05, 0) is 37.0 Å². The minimum Gasteiger partial charge on any atom is -0.373 e. The second-order valence-corrected chi connectivity index (χ2v) is 4.86. The first kappa shape index (κ1) is 11.3. The molecular weight excluding hydrogens is 220 g/mol. The van der Waals surface area contributed by atoms with Crippen LogP contribution >= 0.6 is 11.6 Å². The van der Waals surface area contributed by atoms with Gasteiger partial charge in [0, 0.05) is 13.6 Å². The SMILES string of the molecule is CN(CC1CCC1)c1ccc(C#N)cc1Cl. The molecule has 0 atom stereocenters. The molecule has 0 amide bonds. The Kier molecular flexibility index (Phi) is 3.36. The molecule has 0 N–H and O–H groups in total. The summed E-state index contributed by atoms with van der Waals surface area (Å²) in [7, 11) is 2.06. The molecule has 0 aromatic heterocycles. The molecule has 84 valence electrons. The molecule has 2 nitrogen and oxygen atoms in total. The number of nitriles is 1. The zero-order chi connectivity index (χ0) is 11.5. The maximum Gasteiger partial charge on any atom is 0.0992 e. The lowest BCUT2D eigenvalue weighted by atomic mass is 9.85. The van der Waals surface area contributed by atoms with E-state index in [4.69, 9.17) is 16.9 Å². The summed E-state index contributed by atoms with van der Waals surface area (Å²) in [6.07, 6.45) is 4.02. The van der Waals surface area contributed by atoms with Crippen LogP contribution in [0.5, 0.6) is 0 Å². The van der Waals surface area contributed by atoms with Crippen molar-refractivity contribution in [3.63, 3.8) is 0 Å². The Labute approximate surface area is 101 Å². The lowest BCUT2D eigenvalue weighted by molar-refractivity contribution is 0.321. The number of rotatable bonds is 3. The molecule has 0 heterocycles. The summed E-state index contributed by atoms with van der Waals surface area (Å²) in [6.45, 7) is 1.06. The second kappa shape index (κ2) is 4.76. The lowest BCUT2D eigenvalue weighted by Gasteiger charge is -2.31. The standard InChI is InChI=1S/C13H15ClN2/c1-16(9-10-3-2-4-10)13-6-5-11(8-15)7-12(13)14/h5-7,10H,2-4,9H2,1H3. The lowest BCUT2D eigenvalue weighted by Crippen LogP contribution is -2.29. The fourth-order valence-electron chi connectivity index (χ4n) is 2.05. The van der Waals surface area contributed by atoms with Crippen LogP contribution in [0.3, 0.4) is 0 Å². The van der Waals surface area contributed by atoms with Crippen molar-refractivity contribution in [3.8, 4) is 6.07 Å². The van der Waals surface area contributed by atoms with Crippen molar-refractivity contribution in [2.24, 2.45) is 5.92 Å². The number of hydrogen-bond donors (Lipinski definition) is 0. The van der Waals surface area contributed by atoms with Crippen LogP contribution in [-0.2, 0) is 0 Å². The van der Waals surface area contributed by atoms with Gasteiger partial charge in [0.2, 0.25) is 0 Å². The highest BCUT2D eigenvalue weighted by molar-refractivity contribution is 6.33. The van der Waals surface area contributed by atoms with Gasteiger partial charge in [0.15, 0.2) is 0 Å². The van der Waals surface area contributed by atoms with Crippen molar-refractivity contribution in [3.05, 3.63) is 28.8 Å². The molecule has 1 aliphatic rings. The molecule has 0 aliphatic heterocycles. The maximum absolute atomic E-state index is 8.76. The van der Waals surface area contributed by atoms with Crippen LogP contribution in [0.25, 0.3) is 0 Å². The smallest absolute Gasteiger partial charge is 0.0992 e. The normalized spacial score (nSPS) is 15.3. The Morgan fingerprint density at radius 3 is 2.75 bits per heavy atom. The molecular formula is C13H15ClN2. The van der Waals surface area contributed by atoms with Gasteiger partial charge in [-0.2, -0.15) is 5.26 Å². The largest absolute Gasteiger partial charge is 0.373 e. The van der Waals surface area contributed by atoms with Crippen LogP contribution in [0.15, 0.2) is 18.2 Å². The Hall–Kier alpha value is -1.20. The van der Waals surface area contributed by atoms with E-state index in [0.717, 1.165) is 18.2 Å². The number of nitrogens with zero attached hydrogens (tertiary/aromatic N) is 2. The van der Waals surface area contributed by atoms with Crippen molar-refractivity contribution < 1.29 is 0 Å². The molecule has 0 saturated heterocycles. The summed E-state index contributed by atoms with van der Waals surface area (Å²) in [5.74, 6) is 0.816. The summed E-state index contributed by atoms with van der Waals surface area (Å²) in [4.78, 5) is 2.19. The van der Waals surface area contributed by atoms with E-state index in [1.807, 2.05) is 12.1 Å². The quantitative estimate of drug-likeness (QED) is 0.801. The monoisotopic (exact) mass is 234 g/mol. The van der Waals surface area contributed by atoms with Gasteiger partial charge in [0.1, 0.15) is 0 Å². The average molecular weight is 235 g/mol. The average Bonchev–Trinajstić information content (AvgIpc) is 2.23. The third-order valence-electron chi connectivity index (χ3n) is 3.24. The van der Waals surface area contributed by atoms with Gasteiger partial charge >= 0.3 is 0 Å². The summed E-state index contributed by atoms with van der Waals surface area (Å²) < 4.78 is 0. The molecule has 3 heteroatoms. The van der Waals surface area contributed by atoms with E-state index in [1.165, 1.54) is 19.3 Å². The van der Waals surface area contributed by atoms with Crippen molar-refractivity contribution >= 4 is 17.3 Å². The van der Waals surface area contributed by atoms with Gasteiger partial charge in [-0.3, -0.25) is 0 Å². The first-order valence-corrected chi connectivity index (χ1v) is 5.99. The number of halogens is 1. The number of benzene rings is 1. The fourth-order valence-corrected chi connectivity index (χ4v) is 2.37. The van der Waals surface area contributed by atoms with E-state index in [-0.39, 0.29) is 0 Å². The van der Waals surface area contributed by atoms with Crippen molar-refractivity contribution in [2.75, 3.05) is 18.5 Å². The van der Waals surface area contributed by atoms with Gasteiger partial charge in [0.05, 0.1) is 22.3 Å². The Morgan fingerprint density at radius 1 is 1.50 bits per heavy atom. The third kappa shape index (κ3) is 2.31. The minimum atomic E-state index is 0.616. The van der Waals surface area contributed by atoms with Crippen LogP contribution in [0, 0.1) is 17.2 Å². The van der Waals surface area contributed by atoms with Crippen molar-refractivity contribution in [1.29, 1.82) is 5.26 Å². The summed E-state index contributed by atoms with van der Waals surface area (Å²) in [5.41, 5.74) is 1.64. The molecule has 0 bridgehead atoms. The Balaban J connectivity index is 2.10. The summed E-state index contributed by atoms with van der Waals surface area (Å²) in [5, 5.41) is 9.43. The van der Waals surface area contributed by atoms with Gasteiger partial charge < -0.3 is 4.90 Å². The second-order valence-electron chi connectivity index (χ2n) is 4.46. The van der Waals surface area contributed by atoms with E-state index in [2.05, 4.69) is 18.0 Å². The molecule has 0 radical (unpaired) electrons. The fraction of sp³-hybridized carbons (Fsp3) is 0.462. The minimum absolute atomic E-state index is 0.616. The van der Waals surface area contributed by atoms with Crippen molar-refractivity contribution in [1.82, 2.24) is 0 Å². The van der Waals surface area contributed by atoms with E-state index < -0.39 is 0 Å². The molecule has 0 unspecified atom stereocenters. The highest BCUT2D eigenvalue weighted by atomic mass is 35.5. The maximum atomic E-state index is 8.76. The van der Waals surface area contributed by atoms with E-state index in [9.17, 15) is 0 Å². The molecule has 0 spiro atoms. The van der Waals surface area contributed by atoms with Crippen LogP contribution in [0.4, 0.5) is 5.69 Å². The molecule has 2 rings (SSSR count). The Morgan fingerprint density at radius 2 is 2.25 bits per heavy atom. The Bertz CT molecular complexity index is 418. The third-order valence-corrected chi connectivity index (χ3v) is 3.55. The van der Waals surface area contributed by atoms with Crippen LogP contribution in [0.2, 0.25) is 5.02 Å². The molecule has 1 aromatic rings. The molecule has 1 aromatic carbocycles. The van der Waals surface area contributed by atoms with Gasteiger partial charge in [-0.25, -0.2) is 0 Å². The zero-order valence-corrected chi connectivity index (χ0v) is 10.2. The first-order chi connectivity index (χ1) is 7.70. The van der Waals surface area contributed by atoms with Crippen molar-refractivity contribution in [2.45, 2.75) is 19.3 Å². The predicted molar refractivity (Wildman–Crippen MR) is 66.8 cm³/mol. The predicted octanol–water partition coefficient (Wildman–Crippen LogP) is 3.45. The summed E-state index contributed by atoms with van der Waals surface area (Å²) >= 11 is 6.15. The molecule has 1 aliphatic carbocycles. The molecule has 1 saturated carbocycles. The zero-order valence-electron chi connectivity index (χ0n) is 9.41. The van der Waals surface area contributed by atoms with Gasteiger partial charge in [0.25, 0.3) is 0 Å². The van der Waals surface area contributed by atoms with E-state index >= 15 is 0 Å². The van der Waals surface area contributed by atoms with E-state index in [0.29, 0.717) is 10.6 Å². The highest BCUT2D eigenvalue weighted by Gasteiger charge is 2.20. The molecule has 1 fully saturated rings. The van der Waals surface area contributed by atoms with Crippen LogP contribution < -0.4 is 4.90 Å². The van der Waals surface area contributed by atoms with Gasteiger partial charge in [-0.1, -0.05) is 18.0 Å². The van der Waals surface area contributed by atoms with Gasteiger partial charge in [-0.15, -0.1) is 0 Å². The molecule has 16 heavy (non-hydrogen) atoms. The first-order valence-electron chi connectivity index (χ1n) is 5.61. The van der Waals surface area contributed by atoms with Crippen LogP contribution in [-0.4, -0.2) is 13.6 Å². The van der Waals surface area contributed by atoms with Crippen LogP contribution in [0.1, 0.15) is 24.8 Å². The summed E-state index contributed by atoms with van der Waals surface area (Å²) in [6, 6.07) is 7.57. The highest BCUT2D eigenvalue weighted by Crippen LogP contribution is 2.31. The number of anilines is 1. The topological polar surface area (TPSA) is 27.0 Å².